The summed E-state index contributed by atoms with van der Waals surface area (Å²) < 4.78 is 37.4. The van der Waals surface area contributed by atoms with E-state index in [0.29, 0.717) is 0 Å². The molecule has 0 saturated heterocycles. The lowest BCUT2D eigenvalue weighted by Crippen LogP contribution is -2.20. The molecule has 0 aliphatic carbocycles. The number of aromatic amines is 1. The fourth-order valence-electron chi connectivity index (χ4n) is 1.38. The van der Waals surface area contributed by atoms with Crippen LogP contribution >= 0.6 is 0 Å². The Balaban J connectivity index is 2.05. The number of nitrogens with one attached hydrogen (secondary N) is 3. The van der Waals surface area contributed by atoms with Gasteiger partial charge in [-0.2, -0.15) is 13.2 Å². The van der Waals surface area contributed by atoms with Crippen LogP contribution in [0.15, 0.2) is 36.7 Å². The summed E-state index contributed by atoms with van der Waals surface area (Å²) in [4.78, 5) is 17.9. The molecule has 1 heterocycles. The van der Waals surface area contributed by atoms with Crippen LogP contribution in [0.2, 0.25) is 0 Å². The second-order valence-electron chi connectivity index (χ2n) is 3.60. The Morgan fingerprint density at radius 2 is 2.05 bits per heavy atom. The third-order valence-corrected chi connectivity index (χ3v) is 2.18. The average molecular weight is 270 g/mol. The van der Waals surface area contributed by atoms with E-state index >= 15 is 0 Å². The SMILES string of the molecule is O=C(Nc1cccc(C(F)(F)F)c1)Nc1ncc[nH]1. The third-order valence-electron chi connectivity index (χ3n) is 2.18. The van der Waals surface area contributed by atoms with Crippen molar-refractivity contribution >= 4 is 17.7 Å². The average Bonchev–Trinajstić information content (AvgIpc) is 2.80. The first-order valence-electron chi connectivity index (χ1n) is 5.20. The van der Waals surface area contributed by atoms with Crippen molar-refractivity contribution < 1.29 is 18.0 Å². The molecule has 0 saturated carbocycles. The predicted octanol–water partition coefficient (Wildman–Crippen LogP) is 3.07. The van der Waals surface area contributed by atoms with Crippen LogP contribution in [0, 0.1) is 0 Å². The molecule has 0 aliphatic rings. The number of rotatable bonds is 2. The minimum Gasteiger partial charge on any atom is -0.331 e. The van der Waals surface area contributed by atoms with Crippen LogP contribution in [-0.4, -0.2) is 16.0 Å². The lowest BCUT2D eigenvalue weighted by molar-refractivity contribution is -0.137. The molecule has 0 radical (unpaired) electrons. The molecule has 5 nitrogen and oxygen atoms in total. The molecular formula is C11H9F3N4O. The minimum atomic E-state index is -4.45. The molecule has 0 unspecified atom stereocenters. The minimum absolute atomic E-state index is 0.0406. The van der Waals surface area contributed by atoms with Gasteiger partial charge >= 0.3 is 12.2 Å². The summed E-state index contributed by atoms with van der Waals surface area (Å²) in [6.07, 6.45) is -1.52. The number of hydrogen-bond donors (Lipinski definition) is 3. The summed E-state index contributed by atoms with van der Waals surface area (Å²) in [5.74, 6) is 0.199. The van der Waals surface area contributed by atoms with E-state index < -0.39 is 17.8 Å². The van der Waals surface area contributed by atoms with Crippen LogP contribution in [0.5, 0.6) is 0 Å². The highest BCUT2D eigenvalue weighted by Crippen LogP contribution is 2.30. The molecule has 100 valence electrons. The maximum atomic E-state index is 12.5. The van der Waals surface area contributed by atoms with E-state index in [1.807, 2.05) is 0 Å². The molecule has 2 amide bonds. The van der Waals surface area contributed by atoms with Crippen molar-refractivity contribution in [1.29, 1.82) is 0 Å². The number of alkyl halides is 3. The standard InChI is InChI=1S/C11H9F3N4O/c12-11(13,14)7-2-1-3-8(6-7)17-10(19)18-9-15-4-5-16-9/h1-6H,(H3,15,16,17,18,19). The fourth-order valence-corrected chi connectivity index (χ4v) is 1.38. The van der Waals surface area contributed by atoms with E-state index in [0.717, 1.165) is 12.1 Å². The number of benzene rings is 1. The van der Waals surface area contributed by atoms with Crippen molar-refractivity contribution in [2.75, 3.05) is 10.6 Å². The van der Waals surface area contributed by atoms with Gasteiger partial charge in [0.05, 0.1) is 5.56 Å². The van der Waals surface area contributed by atoms with E-state index in [9.17, 15) is 18.0 Å². The summed E-state index contributed by atoms with van der Waals surface area (Å²) >= 11 is 0. The Morgan fingerprint density at radius 1 is 1.26 bits per heavy atom. The predicted molar refractivity (Wildman–Crippen MR) is 62.7 cm³/mol. The Bertz CT molecular complexity index is 566. The van der Waals surface area contributed by atoms with E-state index in [2.05, 4.69) is 20.6 Å². The van der Waals surface area contributed by atoms with Gasteiger partial charge in [0.15, 0.2) is 0 Å². The lowest BCUT2D eigenvalue weighted by atomic mass is 10.2. The van der Waals surface area contributed by atoms with Crippen molar-refractivity contribution in [3.8, 4) is 0 Å². The van der Waals surface area contributed by atoms with Crippen LogP contribution < -0.4 is 10.6 Å². The Morgan fingerprint density at radius 3 is 2.68 bits per heavy atom. The normalized spacial score (nSPS) is 11.1. The number of aromatic nitrogens is 2. The first-order valence-corrected chi connectivity index (χ1v) is 5.20. The Hall–Kier alpha value is -2.51. The Kier molecular flexibility index (Phi) is 3.41. The zero-order valence-electron chi connectivity index (χ0n) is 9.45. The highest BCUT2D eigenvalue weighted by Gasteiger charge is 2.30. The van der Waals surface area contributed by atoms with Gasteiger partial charge in [-0.05, 0) is 18.2 Å². The molecule has 0 spiro atoms. The summed E-state index contributed by atoms with van der Waals surface area (Å²) in [7, 11) is 0. The molecule has 3 N–H and O–H groups in total. The van der Waals surface area contributed by atoms with Crippen LogP contribution in [0.1, 0.15) is 5.56 Å². The number of halogens is 3. The number of H-pyrrole nitrogens is 1. The zero-order chi connectivity index (χ0) is 13.9. The number of carbonyl (C=O) groups is 1. The van der Waals surface area contributed by atoms with Gasteiger partial charge in [-0.15, -0.1) is 0 Å². The van der Waals surface area contributed by atoms with Gasteiger partial charge in [-0.25, -0.2) is 9.78 Å². The smallest absolute Gasteiger partial charge is 0.331 e. The van der Waals surface area contributed by atoms with E-state index in [-0.39, 0.29) is 11.6 Å². The highest BCUT2D eigenvalue weighted by molar-refractivity contribution is 5.98. The molecule has 0 fully saturated rings. The number of hydrogen-bond acceptors (Lipinski definition) is 2. The van der Waals surface area contributed by atoms with Gasteiger partial charge in [-0.3, -0.25) is 5.32 Å². The van der Waals surface area contributed by atoms with E-state index in [4.69, 9.17) is 0 Å². The van der Waals surface area contributed by atoms with Gasteiger partial charge in [0, 0.05) is 18.1 Å². The van der Waals surface area contributed by atoms with Crippen molar-refractivity contribution in [3.05, 3.63) is 42.2 Å². The molecule has 8 heteroatoms. The number of nitrogens with zero attached hydrogens (tertiary/aromatic N) is 1. The largest absolute Gasteiger partial charge is 0.416 e. The number of imidazole rings is 1. The number of carbonyl (C=O) groups excluding carboxylic acids is 1. The van der Waals surface area contributed by atoms with Gasteiger partial charge in [0.25, 0.3) is 0 Å². The topological polar surface area (TPSA) is 69.8 Å². The molecule has 19 heavy (non-hydrogen) atoms. The molecule has 2 aromatic rings. The van der Waals surface area contributed by atoms with E-state index in [1.54, 1.807) is 0 Å². The Labute approximate surface area is 105 Å². The molecular weight excluding hydrogens is 261 g/mol. The lowest BCUT2D eigenvalue weighted by Gasteiger charge is -2.09. The zero-order valence-corrected chi connectivity index (χ0v) is 9.45. The summed E-state index contributed by atoms with van der Waals surface area (Å²) in [5, 5.41) is 4.61. The molecule has 1 aromatic carbocycles. The second kappa shape index (κ2) is 5.01. The first-order chi connectivity index (χ1) is 8.95. The summed E-state index contributed by atoms with van der Waals surface area (Å²) in [6.45, 7) is 0. The molecule has 2 rings (SSSR count). The van der Waals surface area contributed by atoms with Crippen molar-refractivity contribution in [2.45, 2.75) is 6.18 Å². The fraction of sp³-hybridized carbons (Fsp3) is 0.0909. The third kappa shape index (κ3) is 3.47. The van der Waals surface area contributed by atoms with Crippen molar-refractivity contribution in [3.63, 3.8) is 0 Å². The molecule has 0 aliphatic heterocycles. The summed E-state index contributed by atoms with van der Waals surface area (Å²) in [6, 6.07) is 3.66. The van der Waals surface area contributed by atoms with Crippen LogP contribution in [0.25, 0.3) is 0 Å². The molecule has 0 bridgehead atoms. The maximum absolute atomic E-state index is 12.5. The first kappa shape index (κ1) is 12.9. The van der Waals surface area contributed by atoms with Crippen molar-refractivity contribution in [2.24, 2.45) is 0 Å². The summed E-state index contributed by atoms with van der Waals surface area (Å²) in [5.41, 5.74) is -0.790. The molecule has 0 atom stereocenters. The quantitative estimate of drug-likeness (QED) is 0.784. The number of amides is 2. The number of urea groups is 1. The highest BCUT2D eigenvalue weighted by atomic mass is 19.4. The van der Waals surface area contributed by atoms with Gasteiger partial charge in [-0.1, -0.05) is 6.07 Å². The second-order valence-corrected chi connectivity index (χ2v) is 3.60. The number of anilines is 2. The van der Waals surface area contributed by atoms with Gasteiger partial charge in [0.2, 0.25) is 5.95 Å². The van der Waals surface area contributed by atoms with Crippen molar-refractivity contribution in [1.82, 2.24) is 9.97 Å². The van der Waals surface area contributed by atoms with Crippen LogP contribution in [-0.2, 0) is 6.18 Å². The monoisotopic (exact) mass is 270 g/mol. The maximum Gasteiger partial charge on any atom is 0.416 e. The van der Waals surface area contributed by atoms with Gasteiger partial charge in [0.1, 0.15) is 0 Å². The van der Waals surface area contributed by atoms with Crippen LogP contribution in [0.4, 0.5) is 29.6 Å². The van der Waals surface area contributed by atoms with Crippen LogP contribution in [0.3, 0.4) is 0 Å². The van der Waals surface area contributed by atoms with E-state index in [1.165, 1.54) is 24.5 Å². The van der Waals surface area contributed by atoms with Gasteiger partial charge < -0.3 is 10.3 Å². The molecule has 1 aromatic heterocycles.